The van der Waals surface area contributed by atoms with Gasteiger partial charge in [-0.05, 0) is 48.6 Å². The van der Waals surface area contributed by atoms with Gasteiger partial charge in [-0.3, -0.25) is 18.7 Å². The van der Waals surface area contributed by atoms with Crippen molar-refractivity contribution in [2.45, 2.75) is 51.8 Å². The van der Waals surface area contributed by atoms with Gasteiger partial charge in [0, 0.05) is 12.3 Å². The lowest BCUT2D eigenvalue weighted by atomic mass is 10.0. The van der Waals surface area contributed by atoms with Gasteiger partial charge in [-0.25, -0.2) is 4.79 Å². The molecule has 2 aromatic carbocycles. The number of benzene rings is 2. The molecule has 0 unspecified atom stereocenters. The number of ether oxygens (including phenoxy) is 1. The topological polar surface area (TPSA) is 82.3 Å². The molecule has 1 saturated heterocycles. The number of amides is 1. The molecule has 1 fully saturated rings. The zero-order chi connectivity index (χ0) is 22.0. The monoisotopic (exact) mass is 421 g/mol. The van der Waals surface area contributed by atoms with Crippen molar-refractivity contribution < 1.29 is 9.53 Å². The normalized spacial score (nSPS) is 16.2. The smallest absolute Gasteiger partial charge is 0.332 e. The Bertz CT molecular complexity index is 1200. The summed E-state index contributed by atoms with van der Waals surface area (Å²) in [6.07, 6.45) is 1.57. The predicted octanol–water partition coefficient (Wildman–Crippen LogP) is 3.10. The third-order valence-electron chi connectivity index (χ3n) is 5.71. The van der Waals surface area contributed by atoms with Crippen molar-refractivity contribution in [2.24, 2.45) is 0 Å². The summed E-state index contributed by atoms with van der Waals surface area (Å²) in [6, 6.07) is 14.5. The minimum absolute atomic E-state index is 0.159. The van der Waals surface area contributed by atoms with E-state index >= 15 is 0 Å². The quantitative estimate of drug-likeness (QED) is 0.663. The first kappa shape index (κ1) is 21.1. The standard InChI is InChI=1S/C24H27N3O4/c1-16(2)17-9-11-18(12-10-17)25-22(28)15-26-21-8-4-3-7-20(21)23(29)27(24(26)30)14-19-6-5-13-31-19/h3-4,7-12,16,19H,5-6,13-15H2,1-2H3,(H,25,28)/t19-/m0/s1. The Morgan fingerprint density at radius 1 is 1.10 bits per heavy atom. The highest BCUT2D eigenvalue weighted by atomic mass is 16.5. The summed E-state index contributed by atoms with van der Waals surface area (Å²) in [7, 11) is 0. The van der Waals surface area contributed by atoms with E-state index in [-0.39, 0.29) is 30.7 Å². The zero-order valence-electron chi connectivity index (χ0n) is 17.8. The van der Waals surface area contributed by atoms with Crippen LogP contribution in [0.15, 0.2) is 58.1 Å². The maximum atomic E-state index is 13.2. The first-order chi connectivity index (χ1) is 14.9. The number of hydrogen-bond acceptors (Lipinski definition) is 4. The second kappa shape index (κ2) is 8.89. The molecule has 1 amide bonds. The molecule has 0 radical (unpaired) electrons. The highest BCUT2D eigenvalue weighted by molar-refractivity contribution is 5.91. The van der Waals surface area contributed by atoms with Gasteiger partial charge >= 0.3 is 5.69 Å². The molecule has 3 aromatic rings. The summed E-state index contributed by atoms with van der Waals surface area (Å²) < 4.78 is 8.18. The number of aromatic nitrogens is 2. The van der Waals surface area contributed by atoms with Gasteiger partial charge in [0.25, 0.3) is 5.56 Å². The molecule has 1 aromatic heterocycles. The maximum absolute atomic E-state index is 13.2. The SMILES string of the molecule is CC(C)c1ccc(NC(=O)Cn2c(=O)n(C[C@@H]3CCCO3)c(=O)c3ccccc32)cc1. The van der Waals surface area contributed by atoms with E-state index in [0.29, 0.717) is 29.1 Å². The molecule has 2 heterocycles. The van der Waals surface area contributed by atoms with E-state index in [9.17, 15) is 14.4 Å². The number of rotatable bonds is 6. The summed E-state index contributed by atoms with van der Waals surface area (Å²) in [4.78, 5) is 38.9. The van der Waals surface area contributed by atoms with Gasteiger partial charge in [0.05, 0.1) is 23.6 Å². The van der Waals surface area contributed by atoms with Crippen LogP contribution in [0, 0.1) is 0 Å². The van der Waals surface area contributed by atoms with E-state index < -0.39 is 5.69 Å². The molecule has 1 aliphatic rings. The lowest BCUT2D eigenvalue weighted by Crippen LogP contribution is -2.43. The summed E-state index contributed by atoms with van der Waals surface area (Å²) in [5.41, 5.74) is 1.45. The Balaban J connectivity index is 1.65. The summed E-state index contributed by atoms with van der Waals surface area (Å²) in [5.74, 6) is 0.0754. The average molecular weight is 421 g/mol. The molecule has 0 aliphatic carbocycles. The van der Waals surface area contributed by atoms with Crippen LogP contribution in [0.2, 0.25) is 0 Å². The Hall–Kier alpha value is -3.19. The molecule has 1 aliphatic heterocycles. The molecule has 162 valence electrons. The first-order valence-corrected chi connectivity index (χ1v) is 10.7. The van der Waals surface area contributed by atoms with Crippen molar-refractivity contribution in [3.8, 4) is 0 Å². The van der Waals surface area contributed by atoms with Gasteiger partial charge < -0.3 is 10.1 Å². The van der Waals surface area contributed by atoms with Crippen LogP contribution in [-0.4, -0.2) is 27.8 Å². The highest BCUT2D eigenvalue weighted by Gasteiger charge is 2.21. The molecular weight excluding hydrogens is 394 g/mol. The number of nitrogens with one attached hydrogen (secondary N) is 1. The van der Waals surface area contributed by atoms with E-state index in [4.69, 9.17) is 4.74 Å². The molecule has 0 spiro atoms. The van der Waals surface area contributed by atoms with Gasteiger partial charge in [0.2, 0.25) is 5.91 Å². The van der Waals surface area contributed by atoms with Gasteiger partial charge in [-0.1, -0.05) is 38.1 Å². The van der Waals surface area contributed by atoms with Crippen molar-refractivity contribution in [1.82, 2.24) is 9.13 Å². The van der Waals surface area contributed by atoms with Crippen LogP contribution in [0.25, 0.3) is 10.9 Å². The van der Waals surface area contributed by atoms with Crippen LogP contribution >= 0.6 is 0 Å². The number of hydrogen-bond donors (Lipinski definition) is 1. The van der Waals surface area contributed by atoms with Gasteiger partial charge in [0.1, 0.15) is 6.54 Å². The van der Waals surface area contributed by atoms with Gasteiger partial charge in [0.15, 0.2) is 0 Å². The molecule has 1 atom stereocenters. The zero-order valence-corrected chi connectivity index (χ0v) is 17.8. The number of fused-ring (bicyclic) bond motifs is 1. The van der Waals surface area contributed by atoms with E-state index in [1.54, 1.807) is 24.3 Å². The number of anilines is 1. The summed E-state index contributed by atoms with van der Waals surface area (Å²) in [5, 5.41) is 3.26. The van der Waals surface area contributed by atoms with E-state index in [1.807, 2.05) is 24.3 Å². The van der Waals surface area contributed by atoms with E-state index in [1.165, 1.54) is 14.7 Å². The number of carbonyl (C=O) groups is 1. The minimum atomic E-state index is -0.496. The highest BCUT2D eigenvalue weighted by Crippen LogP contribution is 2.17. The fraction of sp³-hybridized carbons (Fsp3) is 0.375. The molecule has 1 N–H and O–H groups in total. The van der Waals surface area contributed by atoms with Crippen LogP contribution < -0.4 is 16.6 Å². The van der Waals surface area contributed by atoms with Crippen LogP contribution in [0.5, 0.6) is 0 Å². The van der Waals surface area contributed by atoms with E-state index in [0.717, 1.165) is 12.8 Å². The third kappa shape index (κ3) is 4.46. The largest absolute Gasteiger partial charge is 0.376 e. The summed E-state index contributed by atoms with van der Waals surface area (Å²) >= 11 is 0. The second-order valence-electron chi connectivity index (χ2n) is 8.26. The fourth-order valence-electron chi connectivity index (χ4n) is 3.97. The van der Waals surface area contributed by atoms with Crippen molar-refractivity contribution >= 4 is 22.5 Å². The Morgan fingerprint density at radius 2 is 1.84 bits per heavy atom. The minimum Gasteiger partial charge on any atom is -0.376 e. The maximum Gasteiger partial charge on any atom is 0.332 e. The third-order valence-corrected chi connectivity index (χ3v) is 5.71. The molecule has 0 saturated carbocycles. The summed E-state index contributed by atoms with van der Waals surface area (Å²) in [6.45, 7) is 4.87. The Morgan fingerprint density at radius 3 is 2.52 bits per heavy atom. The van der Waals surface area contributed by atoms with Crippen LogP contribution in [0.1, 0.15) is 38.2 Å². The van der Waals surface area contributed by atoms with Gasteiger partial charge in [-0.15, -0.1) is 0 Å². The second-order valence-corrected chi connectivity index (χ2v) is 8.26. The lowest BCUT2D eigenvalue weighted by molar-refractivity contribution is -0.116. The van der Waals surface area contributed by atoms with E-state index in [2.05, 4.69) is 19.2 Å². The molecule has 7 heteroatoms. The molecule has 0 bridgehead atoms. The molecule has 4 rings (SSSR count). The van der Waals surface area contributed by atoms with Crippen LogP contribution in [0.4, 0.5) is 5.69 Å². The number of para-hydroxylation sites is 1. The van der Waals surface area contributed by atoms with Crippen molar-refractivity contribution in [3.63, 3.8) is 0 Å². The number of carbonyl (C=O) groups excluding carboxylic acids is 1. The van der Waals surface area contributed by atoms with Gasteiger partial charge in [-0.2, -0.15) is 0 Å². The van der Waals surface area contributed by atoms with Crippen molar-refractivity contribution in [3.05, 3.63) is 74.9 Å². The molecular formula is C24H27N3O4. The predicted molar refractivity (Wildman–Crippen MR) is 121 cm³/mol. The van der Waals surface area contributed by atoms with Crippen molar-refractivity contribution in [2.75, 3.05) is 11.9 Å². The number of nitrogens with zero attached hydrogens (tertiary/aromatic N) is 2. The first-order valence-electron chi connectivity index (χ1n) is 10.7. The van der Waals surface area contributed by atoms with Crippen LogP contribution in [0.3, 0.4) is 0 Å². The van der Waals surface area contributed by atoms with Crippen LogP contribution in [-0.2, 0) is 22.6 Å². The Labute approximate surface area is 180 Å². The average Bonchev–Trinajstić information content (AvgIpc) is 3.28. The fourth-order valence-corrected chi connectivity index (χ4v) is 3.97. The Kier molecular flexibility index (Phi) is 6.04. The lowest BCUT2D eigenvalue weighted by Gasteiger charge is -2.16. The van der Waals surface area contributed by atoms with Crippen molar-refractivity contribution in [1.29, 1.82) is 0 Å². The molecule has 7 nitrogen and oxygen atoms in total. The molecule has 31 heavy (non-hydrogen) atoms.